The van der Waals surface area contributed by atoms with Crippen molar-refractivity contribution >= 4 is 27.4 Å². The largest absolute Gasteiger partial charge is 0.355 e. The molecule has 2 aliphatic rings. The van der Waals surface area contributed by atoms with Crippen LogP contribution >= 0.6 is 11.6 Å². The van der Waals surface area contributed by atoms with Crippen LogP contribution in [0, 0.1) is 0 Å². The van der Waals surface area contributed by atoms with Gasteiger partial charge in [-0.2, -0.15) is 4.31 Å². The first-order valence-corrected chi connectivity index (χ1v) is 12.6. The maximum Gasteiger partial charge on any atom is 0.244 e. The maximum atomic E-state index is 12.9. The molecule has 168 valence electrons. The number of aromatic nitrogens is 1. The third kappa shape index (κ3) is 5.56. The average molecular weight is 464 g/mol. The Balaban J connectivity index is 1.37. The predicted octanol–water partition coefficient (Wildman–Crippen LogP) is 2.38. The summed E-state index contributed by atoms with van der Waals surface area (Å²) in [6.07, 6.45) is 2.55. The van der Waals surface area contributed by atoms with E-state index in [1.54, 1.807) is 10.4 Å². The second-order valence-electron chi connectivity index (χ2n) is 8.30. The summed E-state index contributed by atoms with van der Waals surface area (Å²) in [6.45, 7) is 7.20. The molecule has 7 nitrogen and oxygen atoms in total. The van der Waals surface area contributed by atoms with E-state index in [9.17, 15) is 8.42 Å². The number of benzene rings is 1. The van der Waals surface area contributed by atoms with Gasteiger partial charge >= 0.3 is 0 Å². The topological polar surface area (TPSA) is 60.0 Å². The fourth-order valence-electron chi connectivity index (χ4n) is 4.10. The second kappa shape index (κ2) is 9.83. The summed E-state index contributed by atoms with van der Waals surface area (Å²) >= 11 is 5.99. The van der Waals surface area contributed by atoms with E-state index in [0.717, 1.165) is 63.1 Å². The van der Waals surface area contributed by atoms with Crippen molar-refractivity contribution in [1.82, 2.24) is 19.1 Å². The molecule has 0 radical (unpaired) electrons. The average Bonchev–Trinajstić information content (AvgIpc) is 3.01. The molecular formula is C22H30ClN5O2S. The van der Waals surface area contributed by atoms with Crippen molar-refractivity contribution in [2.24, 2.45) is 0 Å². The fourth-order valence-corrected chi connectivity index (χ4v) is 5.59. The van der Waals surface area contributed by atoms with Gasteiger partial charge in [0.25, 0.3) is 0 Å². The standard InChI is InChI=1S/C22H30ClN5O2S/c1-25-11-15-28(16-12-25)31(29,30)21-7-8-22(24-17-21)27-10-2-9-26(13-14-27)18-19-3-5-20(23)6-4-19/h3-8,17H,2,9-16,18H2,1H3. The Morgan fingerprint density at radius 1 is 0.903 bits per heavy atom. The number of nitrogens with zero attached hydrogens (tertiary/aromatic N) is 5. The van der Waals surface area contributed by atoms with Gasteiger partial charge in [-0.05, 0) is 43.3 Å². The summed E-state index contributed by atoms with van der Waals surface area (Å²) in [5.74, 6) is 0.839. The molecule has 31 heavy (non-hydrogen) atoms. The molecule has 0 atom stereocenters. The third-order valence-electron chi connectivity index (χ3n) is 6.05. The zero-order chi connectivity index (χ0) is 21.8. The minimum atomic E-state index is -3.48. The smallest absolute Gasteiger partial charge is 0.244 e. The molecule has 0 unspecified atom stereocenters. The van der Waals surface area contributed by atoms with E-state index in [4.69, 9.17) is 11.6 Å². The molecular weight excluding hydrogens is 434 g/mol. The van der Waals surface area contributed by atoms with E-state index in [1.807, 2.05) is 25.2 Å². The van der Waals surface area contributed by atoms with Crippen molar-refractivity contribution < 1.29 is 8.42 Å². The van der Waals surface area contributed by atoms with Crippen LogP contribution in [0.4, 0.5) is 5.82 Å². The number of pyridine rings is 1. The minimum absolute atomic E-state index is 0.278. The lowest BCUT2D eigenvalue weighted by atomic mass is 10.2. The van der Waals surface area contributed by atoms with Crippen molar-refractivity contribution in [3.8, 4) is 0 Å². The first kappa shape index (κ1) is 22.5. The van der Waals surface area contributed by atoms with Gasteiger partial charge in [-0.25, -0.2) is 13.4 Å². The van der Waals surface area contributed by atoms with Crippen molar-refractivity contribution in [1.29, 1.82) is 0 Å². The Hall–Kier alpha value is -1.71. The van der Waals surface area contributed by atoms with Gasteiger partial charge in [-0.3, -0.25) is 4.90 Å². The van der Waals surface area contributed by atoms with E-state index < -0.39 is 10.0 Å². The van der Waals surface area contributed by atoms with E-state index in [0.29, 0.717) is 13.1 Å². The van der Waals surface area contributed by atoms with E-state index in [2.05, 4.69) is 31.8 Å². The van der Waals surface area contributed by atoms with E-state index in [-0.39, 0.29) is 4.90 Å². The molecule has 2 fully saturated rings. The molecule has 2 aliphatic heterocycles. The summed E-state index contributed by atoms with van der Waals surface area (Å²) < 4.78 is 27.4. The fraction of sp³-hybridized carbons (Fsp3) is 0.500. The van der Waals surface area contributed by atoms with Crippen molar-refractivity contribution in [2.45, 2.75) is 17.9 Å². The summed E-state index contributed by atoms with van der Waals surface area (Å²) in [5, 5.41) is 0.759. The molecule has 9 heteroatoms. The number of halogens is 1. The maximum absolute atomic E-state index is 12.9. The van der Waals surface area contributed by atoms with Gasteiger partial charge in [0.1, 0.15) is 10.7 Å². The SMILES string of the molecule is CN1CCN(S(=O)(=O)c2ccc(N3CCCN(Cc4ccc(Cl)cc4)CC3)nc2)CC1. The lowest BCUT2D eigenvalue weighted by molar-refractivity contribution is 0.222. The number of piperazine rings is 1. The number of hydrogen-bond donors (Lipinski definition) is 0. The molecule has 1 aromatic carbocycles. The number of likely N-dealkylation sites (N-methyl/N-ethyl adjacent to an activating group) is 1. The zero-order valence-electron chi connectivity index (χ0n) is 18.0. The summed E-state index contributed by atoms with van der Waals surface area (Å²) in [6, 6.07) is 11.6. The molecule has 3 heterocycles. The van der Waals surface area contributed by atoms with Crippen LogP contribution in [0.25, 0.3) is 0 Å². The number of sulfonamides is 1. The first-order chi connectivity index (χ1) is 14.9. The van der Waals surface area contributed by atoms with Gasteiger partial charge in [0.05, 0.1) is 0 Å². The van der Waals surface area contributed by atoms with Crippen LogP contribution in [-0.2, 0) is 16.6 Å². The van der Waals surface area contributed by atoms with Crippen LogP contribution in [0.1, 0.15) is 12.0 Å². The Labute approximate surface area is 190 Å². The molecule has 4 rings (SSSR count). The summed E-state index contributed by atoms with van der Waals surface area (Å²) in [5.41, 5.74) is 1.26. The quantitative estimate of drug-likeness (QED) is 0.678. The molecule has 0 aliphatic carbocycles. The molecule has 0 amide bonds. The van der Waals surface area contributed by atoms with Crippen molar-refractivity contribution in [2.75, 3.05) is 64.3 Å². The van der Waals surface area contributed by atoms with Gasteiger partial charge in [0.2, 0.25) is 10.0 Å². The normalized spacial score (nSPS) is 20.0. The molecule has 0 bridgehead atoms. The highest BCUT2D eigenvalue weighted by atomic mass is 35.5. The molecule has 2 aromatic rings. The zero-order valence-corrected chi connectivity index (χ0v) is 19.5. The highest BCUT2D eigenvalue weighted by molar-refractivity contribution is 7.89. The van der Waals surface area contributed by atoms with Crippen molar-refractivity contribution in [3.05, 3.63) is 53.2 Å². The monoisotopic (exact) mass is 463 g/mol. The summed E-state index contributed by atoms with van der Waals surface area (Å²) in [4.78, 5) is 11.6. The van der Waals surface area contributed by atoms with Crippen LogP contribution in [0.2, 0.25) is 5.02 Å². The number of hydrogen-bond acceptors (Lipinski definition) is 6. The Morgan fingerprint density at radius 2 is 1.65 bits per heavy atom. The van der Waals surface area contributed by atoms with Crippen molar-refractivity contribution in [3.63, 3.8) is 0 Å². The highest BCUT2D eigenvalue weighted by Gasteiger charge is 2.28. The second-order valence-corrected chi connectivity index (χ2v) is 10.7. The Kier molecular flexibility index (Phi) is 7.13. The lowest BCUT2D eigenvalue weighted by Crippen LogP contribution is -2.47. The van der Waals surface area contributed by atoms with Crippen LogP contribution in [0.5, 0.6) is 0 Å². The van der Waals surface area contributed by atoms with Crippen LogP contribution in [0.15, 0.2) is 47.5 Å². The van der Waals surface area contributed by atoms with E-state index in [1.165, 1.54) is 11.8 Å². The van der Waals surface area contributed by atoms with Crippen LogP contribution in [-0.4, -0.2) is 86.9 Å². The van der Waals surface area contributed by atoms with Gasteiger partial charge in [0.15, 0.2) is 0 Å². The van der Waals surface area contributed by atoms with Gasteiger partial charge in [0, 0.05) is 70.1 Å². The number of rotatable bonds is 5. The van der Waals surface area contributed by atoms with Gasteiger partial charge in [-0.15, -0.1) is 0 Å². The van der Waals surface area contributed by atoms with Gasteiger partial charge in [-0.1, -0.05) is 23.7 Å². The molecule has 1 aromatic heterocycles. The molecule has 0 saturated carbocycles. The molecule has 0 spiro atoms. The Bertz CT molecular complexity index is 960. The highest BCUT2D eigenvalue weighted by Crippen LogP contribution is 2.21. The number of anilines is 1. The lowest BCUT2D eigenvalue weighted by Gasteiger charge is -2.31. The molecule has 2 saturated heterocycles. The Morgan fingerprint density at radius 3 is 2.32 bits per heavy atom. The minimum Gasteiger partial charge on any atom is -0.355 e. The summed E-state index contributed by atoms with van der Waals surface area (Å²) in [7, 11) is -1.47. The van der Waals surface area contributed by atoms with E-state index >= 15 is 0 Å². The van der Waals surface area contributed by atoms with Crippen LogP contribution < -0.4 is 4.90 Å². The van der Waals surface area contributed by atoms with Crippen LogP contribution in [0.3, 0.4) is 0 Å². The van der Waals surface area contributed by atoms with Gasteiger partial charge < -0.3 is 9.80 Å². The third-order valence-corrected chi connectivity index (χ3v) is 8.19. The molecule has 0 N–H and O–H groups in total. The first-order valence-electron chi connectivity index (χ1n) is 10.8. The predicted molar refractivity (Wildman–Crippen MR) is 124 cm³/mol.